The molecule has 3 aromatic rings. The van der Waals surface area contributed by atoms with E-state index in [2.05, 4.69) is 15.2 Å². The van der Waals surface area contributed by atoms with Crippen LogP contribution in [-0.2, 0) is 32.9 Å². The van der Waals surface area contributed by atoms with Crippen molar-refractivity contribution in [3.63, 3.8) is 0 Å². The zero-order chi connectivity index (χ0) is 29.9. The van der Waals surface area contributed by atoms with E-state index in [9.17, 15) is 19.3 Å². The summed E-state index contributed by atoms with van der Waals surface area (Å²) in [5, 5.41) is 18.2. The van der Waals surface area contributed by atoms with Crippen LogP contribution in [0.2, 0.25) is 0 Å². The van der Waals surface area contributed by atoms with E-state index in [-0.39, 0.29) is 11.6 Å². The maximum Gasteiger partial charge on any atom is 0.459 e. The number of aliphatic hydroxyl groups is 1. The number of esters is 2. The van der Waals surface area contributed by atoms with Gasteiger partial charge in [-0.05, 0) is 38.1 Å². The predicted octanol–water partition coefficient (Wildman–Crippen LogP) is 2.42. The number of rotatable bonds is 11. The number of carbonyl (C=O) groups is 2. The van der Waals surface area contributed by atoms with Crippen LogP contribution in [0, 0.1) is 5.92 Å². The van der Waals surface area contributed by atoms with Crippen LogP contribution < -0.4 is 15.3 Å². The summed E-state index contributed by atoms with van der Waals surface area (Å²) < 4.78 is 43.5. The first-order valence-electron chi connectivity index (χ1n) is 12.9. The molecule has 1 fully saturated rings. The van der Waals surface area contributed by atoms with Gasteiger partial charge in [0.1, 0.15) is 41.4 Å². The van der Waals surface area contributed by atoms with Gasteiger partial charge < -0.3 is 29.6 Å². The highest BCUT2D eigenvalue weighted by Crippen LogP contribution is 2.49. The Morgan fingerprint density at radius 3 is 2.56 bits per heavy atom. The second-order valence-electron chi connectivity index (χ2n) is 10.1. The van der Waals surface area contributed by atoms with Crippen LogP contribution in [0.25, 0.3) is 5.52 Å². The van der Waals surface area contributed by atoms with E-state index in [1.54, 1.807) is 56.3 Å². The molecule has 222 valence electrons. The number of aliphatic hydroxyl groups excluding tert-OH is 1. The number of anilines is 1. The van der Waals surface area contributed by atoms with Crippen molar-refractivity contribution in [2.75, 3.05) is 19.5 Å². The molecule has 14 nitrogen and oxygen atoms in total. The Bertz CT molecular complexity index is 1440. The normalized spacial score (nSPS) is 24.6. The van der Waals surface area contributed by atoms with Gasteiger partial charge in [0.05, 0.1) is 25.3 Å². The van der Waals surface area contributed by atoms with Crippen molar-refractivity contribution in [2.24, 2.45) is 5.92 Å². The lowest BCUT2D eigenvalue weighted by atomic mass is 9.96. The van der Waals surface area contributed by atoms with E-state index in [1.165, 1.54) is 31.8 Å². The Morgan fingerprint density at radius 1 is 1.20 bits per heavy atom. The molecule has 4 rings (SSSR count). The second-order valence-corrected chi connectivity index (χ2v) is 11.8. The Balaban J connectivity index is 1.65. The molecule has 41 heavy (non-hydrogen) atoms. The molecule has 0 aliphatic carbocycles. The van der Waals surface area contributed by atoms with Crippen molar-refractivity contribution in [1.82, 2.24) is 19.7 Å². The molecular formula is C26H34N5O9P. The van der Waals surface area contributed by atoms with Crippen molar-refractivity contribution < 1.29 is 42.5 Å². The van der Waals surface area contributed by atoms with Crippen molar-refractivity contribution in [3.8, 4) is 5.75 Å². The van der Waals surface area contributed by atoms with Crippen LogP contribution >= 0.6 is 7.75 Å². The average molecular weight is 592 g/mol. The van der Waals surface area contributed by atoms with Crippen LogP contribution in [0.15, 0.2) is 48.8 Å². The number of hydrogen-bond acceptors (Lipinski definition) is 12. The van der Waals surface area contributed by atoms with Crippen LogP contribution in [0.3, 0.4) is 0 Å². The number of hydrogen-bond donors (Lipinski definition) is 3. The molecule has 0 saturated carbocycles. The van der Waals surface area contributed by atoms with Gasteiger partial charge in [-0.3, -0.25) is 14.1 Å². The summed E-state index contributed by atoms with van der Waals surface area (Å²) in [5.41, 5.74) is 5.33. The van der Waals surface area contributed by atoms with Gasteiger partial charge in [-0.2, -0.15) is 10.2 Å². The molecule has 6 atom stereocenters. The van der Waals surface area contributed by atoms with Gasteiger partial charge in [-0.25, -0.2) is 14.1 Å². The number of benzene rings is 1. The summed E-state index contributed by atoms with van der Waals surface area (Å²) in [6.45, 7) is 5.78. The van der Waals surface area contributed by atoms with Gasteiger partial charge in [0.15, 0.2) is 11.9 Å². The average Bonchev–Trinajstić information content (AvgIpc) is 3.48. The van der Waals surface area contributed by atoms with Gasteiger partial charge in [-0.15, -0.1) is 0 Å². The van der Waals surface area contributed by atoms with Crippen molar-refractivity contribution in [2.45, 2.75) is 57.6 Å². The minimum absolute atomic E-state index is 0.206. The number of para-hydroxylation sites is 1. The number of nitrogens with zero attached hydrogens (tertiary/aromatic N) is 3. The van der Waals surface area contributed by atoms with Crippen LogP contribution in [0.1, 0.15) is 39.5 Å². The summed E-state index contributed by atoms with van der Waals surface area (Å²) in [6.07, 6.45) is -2.39. The summed E-state index contributed by atoms with van der Waals surface area (Å²) in [4.78, 5) is 28.7. The zero-order valence-corrected chi connectivity index (χ0v) is 24.2. The maximum absolute atomic E-state index is 13.9. The third-order valence-corrected chi connectivity index (χ3v) is 8.18. The maximum atomic E-state index is 13.9. The molecule has 0 spiro atoms. The van der Waals surface area contributed by atoms with E-state index in [0.717, 1.165) is 0 Å². The molecule has 3 heterocycles. The minimum Gasteiger partial charge on any atom is -0.468 e. The zero-order valence-electron chi connectivity index (χ0n) is 23.3. The molecule has 1 aliphatic rings. The van der Waals surface area contributed by atoms with Gasteiger partial charge in [-0.1, -0.05) is 32.0 Å². The highest BCUT2D eigenvalue weighted by molar-refractivity contribution is 7.52. The smallest absolute Gasteiger partial charge is 0.459 e. The quantitative estimate of drug-likeness (QED) is 0.218. The number of nitrogen functional groups attached to an aromatic ring is 1. The highest BCUT2D eigenvalue weighted by atomic mass is 31.2. The third-order valence-electron chi connectivity index (χ3n) is 6.55. The van der Waals surface area contributed by atoms with Crippen molar-refractivity contribution >= 4 is 31.0 Å². The number of ether oxygens (including phenoxy) is 3. The minimum atomic E-state index is -4.27. The number of nitrogens with one attached hydrogen (secondary N) is 1. The monoisotopic (exact) mass is 591 g/mol. The number of aromatic nitrogens is 3. The lowest BCUT2D eigenvalue weighted by Gasteiger charge is -2.30. The molecule has 0 unspecified atom stereocenters. The van der Waals surface area contributed by atoms with Crippen LogP contribution in [0.5, 0.6) is 5.75 Å². The Morgan fingerprint density at radius 2 is 1.90 bits per heavy atom. The fourth-order valence-corrected chi connectivity index (χ4v) is 5.85. The summed E-state index contributed by atoms with van der Waals surface area (Å²) in [6, 6.07) is 10.5. The van der Waals surface area contributed by atoms with E-state index in [4.69, 9.17) is 29.0 Å². The second kappa shape index (κ2) is 12.1. The molecule has 0 radical (unpaired) electrons. The molecule has 0 amide bonds. The standard InChI is InChI=1S/C26H34N5O9P/c1-15(2)24(33)38-21-20(18-11-12-19-23(27)28-14-29-31(18)19)39-26(4,22(21)32)13-37-41(35,30-16(3)25(34)36-5)40-17-9-7-6-8-10-17/h6-12,14-16,20-22,32H,13H2,1-5H3,(H,30,35)(H2,27,28,29)/t16-,20-,21-,22-,26+,41-/m0/s1. The van der Waals surface area contributed by atoms with E-state index < -0.39 is 62.2 Å². The molecule has 15 heteroatoms. The van der Waals surface area contributed by atoms with E-state index in [0.29, 0.717) is 11.2 Å². The summed E-state index contributed by atoms with van der Waals surface area (Å²) >= 11 is 0. The largest absolute Gasteiger partial charge is 0.468 e. The SMILES string of the molecule is COC(=O)[C@H](C)N[P@](=O)(OC[C@@]1(C)O[C@@H](c2ccc3c(N)ncnn23)[C@H](OC(=O)C(C)C)[C@@H]1O)Oc1ccccc1. The predicted molar refractivity (Wildman–Crippen MR) is 146 cm³/mol. The molecule has 1 saturated heterocycles. The van der Waals surface area contributed by atoms with Gasteiger partial charge in [0, 0.05) is 0 Å². The van der Waals surface area contributed by atoms with Crippen LogP contribution in [0.4, 0.5) is 5.82 Å². The van der Waals surface area contributed by atoms with Crippen molar-refractivity contribution in [3.05, 3.63) is 54.5 Å². The van der Waals surface area contributed by atoms with Gasteiger partial charge >= 0.3 is 19.7 Å². The number of fused-ring (bicyclic) bond motifs is 1. The first-order chi connectivity index (χ1) is 19.4. The molecule has 0 bridgehead atoms. The number of methoxy groups -OCH3 is 1. The highest BCUT2D eigenvalue weighted by Gasteiger charge is 2.56. The fourth-order valence-electron chi connectivity index (χ4n) is 4.26. The topological polar surface area (TPSA) is 186 Å². The van der Waals surface area contributed by atoms with Gasteiger partial charge in [0.25, 0.3) is 0 Å². The summed E-state index contributed by atoms with van der Waals surface area (Å²) in [7, 11) is -3.08. The van der Waals surface area contributed by atoms with Crippen molar-refractivity contribution in [1.29, 1.82) is 0 Å². The molecule has 1 aromatic carbocycles. The Hall–Kier alpha value is -3.55. The summed E-state index contributed by atoms with van der Waals surface area (Å²) in [5.74, 6) is -1.32. The molecular weight excluding hydrogens is 557 g/mol. The molecule has 2 aromatic heterocycles. The van der Waals surface area contributed by atoms with E-state index in [1.807, 2.05) is 0 Å². The molecule has 4 N–H and O–H groups in total. The number of carbonyl (C=O) groups excluding carboxylic acids is 2. The van der Waals surface area contributed by atoms with E-state index >= 15 is 0 Å². The lowest BCUT2D eigenvalue weighted by Crippen LogP contribution is -2.46. The first-order valence-corrected chi connectivity index (χ1v) is 14.4. The first kappa shape index (κ1) is 30.4. The lowest BCUT2D eigenvalue weighted by molar-refractivity contribution is -0.159. The van der Waals surface area contributed by atoms with Gasteiger partial charge in [0.2, 0.25) is 0 Å². The third kappa shape index (κ3) is 6.52. The Labute approximate surface area is 236 Å². The fraction of sp³-hybridized carbons (Fsp3) is 0.462. The Kier molecular flexibility index (Phi) is 9.00. The van der Waals surface area contributed by atoms with Crippen LogP contribution in [-0.4, -0.2) is 69.2 Å². The molecule has 1 aliphatic heterocycles. The number of nitrogens with two attached hydrogens (primary N) is 1.